The molecule has 6 nitrogen and oxygen atoms in total. The first-order valence-corrected chi connectivity index (χ1v) is 8.12. The van der Waals surface area contributed by atoms with E-state index in [1.54, 1.807) is 24.3 Å². The van der Waals surface area contributed by atoms with E-state index < -0.39 is 17.8 Å². The van der Waals surface area contributed by atoms with Gasteiger partial charge >= 0.3 is 5.97 Å². The maximum atomic E-state index is 12.2. The molecule has 1 unspecified atom stereocenters. The number of ether oxygens (including phenoxy) is 2. The van der Waals surface area contributed by atoms with E-state index in [0.29, 0.717) is 9.99 Å². The predicted molar refractivity (Wildman–Crippen MR) is 86.1 cm³/mol. The van der Waals surface area contributed by atoms with Gasteiger partial charge < -0.3 is 9.47 Å². The summed E-state index contributed by atoms with van der Waals surface area (Å²) < 4.78 is 11.9. The van der Waals surface area contributed by atoms with Gasteiger partial charge in [0.15, 0.2) is 5.72 Å². The molecule has 1 aliphatic rings. The average Bonchev–Trinajstić information content (AvgIpc) is 2.73. The quantitative estimate of drug-likeness (QED) is 0.193. The van der Waals surface area contributed by atoms with Crippen LogP contribution in [0.4, 0.5) is 0 Å². The number of alkyl halides is 1. The van der Waals surface area contributed by atoms with Crippen LogP contribution in [0.3, 0.4) is 0 Å². The smallest absolute Gasteiger partial charge is 0.338 e. The first kappa shape index (κ1) is 16.1. The number of nitrogens with zero attached hydrogens (tertiary/aromatic N) is 3. The van der Waals surface area contributed by atoms with Crippen LogP contribution < -0.4 is 0 Å². The standard InChI is InChI=1S/C14H16IN3O3/c1-9-12(10(2)21-14(9,8-15)17-18-16)20-13(19)11-6-4-3-5-7-11/h3-7,9-10,12H,8H2,1-2H3/t9-,10-,12?,14+/m0/s1. The maximum Gasteiger partial charge on any atom is 0.338 e. The third kappa shape index (κ3) is 3.14. The van der Waals surface area contributed by atoms with E-state index in [-0.39, 0.29) is 12.0 Å². The predicted octanol–water partition coefficient (Wildman–Crippen LogP) is 3.71. The molecule has 21 heavy (non-hydrogen) atoms. The Morgan fingerprint density at radius 2 is 2.14 bits per heavy atom. The maximum absolute atomic E-state index is 12.2. The normalized spacial score (nSPS) is 31.5. The Balaban J connectivity index is 2.17. The minimum Gasteiger partial charge on any atom is -0.456 e. The van der Waals surface area contributed by atoms with Gasteiger partial charge in [0, 0.05) is 15.3 Å². The molecule has 2 rings (SSSR count). The number of benzene rings is 1. The zero-order valence-electron chi connectivity index (χ0n) is 11.8. The van der Waals surface area contributed by atoms with Gasteiger partial charge in [0.05, 0.1) is 11.7 Å². The summed E-state index contributed by atoms with van der Waals surface area (Å²) in [6.07, 6.45) is -0.772. The molecule has 4 atom stereocenters. The first-order valence-electron chi connectivity index (χ1n) is 6.60. The van der Waals surface area contributed by atoms with Crippen LogP contribution in [0.5, 0.6) is 0 Å². The Hall–Kier alpha value is -1.31. The first-order chi connectivity index (χ1) is 10.0. The molecule has 1 aliphatic heterocycles. The number of carbonyl (C=O) groups is 1. The summed E-state index contributed by atoms with van der Waals surface area (Å²) in [5, 5.41) is 3.79. The van der Waals surface area contributed by atoms with Gasteiger partial charge in [-0.25, -0.2) is 4.79 Å². The lowest BCUT2D eigenvalue weighted by molar-refractivity contribution is -0.0342. The van der Waals surface area contributed by atoms with Gasteiger partial charge in [-0.1, -0.05) is 52.8 Å². The molecule has 0 aromatic heterocycles. The lowest BCUT2D eigenvalue weighted by atomic mass is 9.95. The molecule has 0 N–H and O–H groups in total. The van der Waals surface area contributed by atoms with Crippen LogP contribution in [-0.4, -0.2) is 28.3 Å². The van der Waals surface area contributed by atoms with Crippen LogP contribution in [0.15, 0.2) is 35.4 Å². The topological polar surface area (TPSA) is 84.3 Å². The largest absolute Gasteiger partial charge is 0.456 e. The number of halogens is 1. The van der Waals surface area contributed by atoms with E-state index in [0.717, 1.165) is 0 Å². The van der Waals surface area contributed by atoms with Crippen LogP contribution >= 0.6 is 22.6 Å². The van der Waals surface area contributed by atoms with Crippen molar-refractivity contribution in [1.29, 1.82) is 0 Å². The Labute approximate surface area is 136 Å². The number of hydrogen-bond acceptors (Lipinski definition) is 4. The highest BCUT2D eigenvalue weighted by Crippen LogP contribution is 2.40. The molecule has 1 saturated heterocycles. The molecule has 7 heteroatoms. The molecule has 0 amide bonds. The third-order valence-electron chi connectivity index (χ3n) is 3.72. The zero-order chi connectivity index (χ0) is 15.5. The number of hydrogen-bond donors (Lipinski definition) is 0. The highest BCUT2D eigenvalue weighted by molar-refractivity contribution is 14.1. The molecule has 1 heterocycles. The van der Waals surface area contributed by atoms with Crippen molar-refractivity contribution in [3.8, 4) is 0 Å². The lowest BCUT2D eigenvalue weighted by Crippen LogP contribution is -2.37. The molecule has 1 fully saturated rings. The summed E-state index contributed by atoms with van der Waals surface area (Å²) >= 11 is 2.12. The van der Waals surface area contributed by atoms with Crippen LogP contribution in [0.1, 0.15) is 24.2 Å². The van der Waals surface area contributed by atoms with Crippen molar-refractivity contribution in [2.24, 2.45) is 11.0 Å². The fourth-order valence-corrected chi connectivity index (χ4v) is 3.52. The van der Waals surface area contributed by atoms with Crippen LogP contribution in [0.25, 0.3) is 10.4 Å². The molecule has 1 aromatic carbocycles. The summed E-state index contributed by atoms with van der Waals surface area (Å²) in [7, 11) is 0. The minimum atomic E-state index is -0.962. The van der Waals surface area contributed by atoms with Crippen molar-refractivity contribution < 1.29 is 14.3 Å². The van der Waals surface area contributed by atoms with Crippen molar-refractivity contribution in [3.05, 3.63) is 46.3 Å². The average molecular weight is 401 g/mol. The Bertz CT molecular complexity index is 562. The number of esters is 1. The molecule has 0 saturated carbocycles. The fourth-order valence-electron chi connectivity index (χ4n) is 2.49. The molecular weight excluding hydrogens is 385 g/mol. The second-order valence-corrected chi connectivity index (χ2v) is 5.78. The Kier molecular flexibility index (Phi) is 5.08. The Morgan fingerprint density at radius 3 is 2.71 bits per heavy atom. The van der Waals surface area contributed by atoms with E-state index in [4.69, 9.17) is 15.0 Å². The molecule has 112 valence electrons. The van der Waals surface area contributed by atoms with Crippen molar-refractivity contribution in [3.63, 3.8) is 0 Å². The van der Waals surface area contributed by atoms with Gasteiger partial charge in [0.25, 0.3) is 0 Å². The van der Waals surface area contributed by atoms with Crippen LogP contribution in [0, 0.1) is 5.92 Å². The zero-order valence-corrected chi connectivity index (χ0v) is 13.9. The second kappa shape index (κ2) is 6.64. The molecule has 0 spiro atoms. The van der Waals surface area contributed by atoms with Crippen molar-refractivity contribution >= 4 is 28.6 Å². The molecular formula is C14H16IN3O3. The number of azide groups is 1. The van der Waals surface area contributed by atoms with Crippen LogP contribution in [0.2, 0.25) is 0 Å². The van der Waals surface area contributed by atoms with Crippen molar-refractivity contribution in [2.75, 3.05) is 4.43 Å². The van der Waals surface area contributed by atoms with Gasteiger partial charge in [-0.2, -0.15) is 0 Å². The molecule has 1 aromatic rings. The van der Waals surface area contributed by atoms with E-state index in [1.807, 2.05) is 19.9 Å². The van der Waals surface area contributed by atoms with Gasteiger partial charge in [0.2, 0.25) is 0 Å². The molecule has 0 bridgehead atoms. The van der Waals surface area contributed by atoms with E-state index in [9.17, 15) is 4.79 Å². The van der Waals surface area contributed by atoms with E-state index in [2.05, 4.69) is 32.6 Å². The molecule has 0 radical (unpaired) electrons. The SMILES string of the molecule is C[C@@H]1O[C@@](CI)(N=[N+]=[N-])[C@@H](C)C1OC(=O)c1ccccc1. The second-order valence-electron chi connectivity index (χ2n) is 5.02. The number of rotatable bonds is 4. The van der Waals surface area contributed by atoms with Crippen LogP contribution in [-0.2, 0) is 9.47 Å². The fraction of sp³-hybridized carbons (Fsp3) is 0.500. The summed E-state index contributed by atoms with van der Waals surface area (Å²) in [6, 6.07) is 8.80. The summed E-state index contributed by atoms with van der Waals surface area (Å²) in [5.41, 5.74) is 8.27. The molecule has 0 aliphatic carbocycles. The highest BCUT2D eigenvalue weighted by atomic mass is 127. The van der Waals surface area contributed by atoms with Crippen molar-refractivity contribution in [1.82, 2.24) is 0 Å². The highest BCUT2D eigenvalue weighted by Gasteiger charge is 2.52. The van der Waals surface area contributed by atoms with Gasteiger partial charge in [-0.15, -0.1) is 0 Å². The summed E-state index contributed by atoms with van der Waals surface area (Å²) in [4.78, 5) is 15.0. The van der Waals surface area contributed by atoms with E-state index >= 15 is 0 Å². The van der Waals surface area contributed by atoms with Gasteiger partial charge in [-0.05, 0) is 24.6 Å². The summed E-state index contributed by atoms with van der Waals surface area (Å²) in [5.74, 6) is -0.610. The number of carbonyl (C=O) groups excluding carboxylic acids is 1. The van der Waals surface area contributed by atoms with Crippen molar-refractivity contribution in [2.45, 2.75) is 31.8 Å². The van der Waals surface area contributed by atoms with Gasteiger partial charge in [-0.3, -0.25) is 0 Å². The lowest BCUT2D eigenvalue weighted by Gasteiger charge is -2.26. The monoisotopic (exact) mass is 401 g/mol. The Morgan fingerprint density at radius 1 is 1.48 bits per heavy atom. The van der Waals surface area contributed by atoms with E-state index in [1.165, 1.54) is 0 Å². The summed E-state index contributed by atoms with van der Waals surface area (Å²) in [6.45, 7) is 3.69. The minimum absolute atomic E-state index is 0.215. The third-order valence-corrected chi connectivity index (χ3v) is 4.81. The van der Waals surface area contributed by atoms with Gasteiger partial charge in [0.1, 0.15) is 6.10 Å².